The Morgan fingerprint density at radius 2 is 1.39 bits per heavy atom. The Morgan fingerprint density at radius 3 is 2.00 bits per heavy atom. The standard InChI is InChI=1S/C26H29NO/c1-28-26-20-18-25(19-21-26)27-24(17-16-23-12-6-3-7-13-23)15-9-8-14-22-10-4-2-5-11-22/h2-7,9-13,15,18-21,24,27H,8,14,16-17H2,1H3/b15-9+/t24-/m1/s1. The van der Waals surface area contributed by atoms with E-state index in [1.807, 2.05) is 12.1 Å². The van der Waals surface area contributed by atoms with E-state index in [-0.39, 0.29) is 0 Å². The summed E-state index contributed by atoms with van der Waals surface area (Å²) in [5, 5.41) is 3.66. The van der Waals surface area contributed by atoms with Crippen molar-refractivity contribution in [3.05, 3.63) is 108 Å². The third-order valence-corrected chi connectivity index (χ3v) is 4.84. The average Bonchev–Trinajstić information content (AvgIpc) is 2.77. The second-order valence-electron chi connectivity index (χ2n) is 6.96. The molecule has 2 nitrogen and oxygen atoms in total. The van der Waals surface area contributed by atoms with Gasteiger partial charge in [-0.3, -0.25) is 0 Å². The molecule has 0 heterocycles. The molecule has 0 aliphatic carbocycles. The van der Waals surface area contributed by atoms with Crippen LogP contribution < -0.4 is 10.1 Å². The maximum absolute atomic E-state index is 5.26. The van der Waals surface area contributed by atoms with Gasteiger partial charge in [0.15, 0.2) is 0 Å². The number of aryl methyl sites for hydroxylation is 2. The number of methoxy groups -OCH3 is 1. The second-order valence-corrected chi connectivity index (χ2v) is 6.96. The van der Waals surface area contributed by atoms with E-state index >= 15 is 0 Å². The molecular formula is C26H29NO. The van der Waals surface area contributed by atoms with E-state index in [1.165, 1.54) is 11.1 Å². The van der Waals surface area contributed by atoms with Crippen LogP contribution in [0.25, 0.3) is 0 Å². The van der Waals surface area contributed by atoms with Crippen LogP contribution in [0.5, 0.6) is 5.75 Å². The molecule has 28 heavy (non-hydrogen) atoms. The lowest BCUT2D eigenvalue weighted by Gasteiger charge is -2.17. The molecule has 0 aliphatic heterocycles. The molecule has 1 N–H and O–H groups in total. The molecule has 3 aromatic rings. The van der Waals surface area contributed by atoms with Crippen LogP contribution in [0.4, 0.5) is 5.69 Å². The van der Waals surface area contributed by atoms with Crippen LogP contribution in [-0.2, 0) is 12.8 Å². The first-order valence-corrected chi connectivity index (χ1v) is 9.98. The van der Waals surface area contributed by atoms with Crippen molar-refractivity contribution < 1.29 is 4.74 Å². The van der Waals surface area contributed by atoms with E-state index in [0.717, 1.165) is 37.1 Å². The van der Waals surface area contributed by atoms with Gasteiger partial charge in [0.25, 0.3) is 0 Å². The van der Waals surface area contributed by atoms with Gasteiger partial charge in [0.2, 0.25) is 0 Å². The molecule has 0 aliphatic rings. The van der Waals surface area contributed by atoms with Crippen LogP contribution in [0.1, 0.15) is 24.0 Å². The normalized spacial score (nSPS) is 12.0. The highest BCUT2D eigenvalue weighted by Crippen LogP contribution is 2.18. The first-order valence-electron chi connectivity index (χ1n) is 9.98. The fraction of sp³-hybridized carbons (Fsp3) is 0.231. The third kappa shape index (κ3) is 6.62. The van der Waals surface area contributed by atoms with Crippen molar-refractivity contribution >= 4 is 5.69 Å². The molecule has 3 rings (SSSR count). The number of rotatable bonds is 10. The Labute approximate surface area is 168 Å². The number of anilines is 1. The number of allylic oxidation sites excluding steroid dienone is 1. The zero-order valence-electron chi connectivity index (χ0n) is 16.6. The summed E-state index contributed by atoms with van der Waals surface area (Å²) in [6.07, 6.45) is 8.85. The lowest BCUT2D eigenvalue weighted by Crippen LogP contribution is -2.17. The molecule has 0 bridgehead atoms. The van der Waals surface area contributed by atoms with Gasteiger partial charge in [0, 0.05) is 11.7 Å². The van der Waals surface area contributed by atoms with Gasteiger partial charge in [-0.05, 0) is 61.1 Å². The molecule has 0 amide bonds. The molecule has 0 spiro atoms. The lowest BCUT2D eigenvalue weighted by atomic mass is 10.0. The van der Waals surface area contributed by atoms with Gasteiger partial charge in [0.05, 0.1) is 7.11 Å². The van der Waals surface area contributed by atoms with Crippen molar-refractivity contribution in [3.63, 3.8) is 0 Å². The summed E-state index contributed by atoms with van der Waals surface area (Å²) in [4.78, 5) is 0. The fourth-order valence-electron chi connectivity index (χ4n) is 3.24. The highest BCUT2D eigenvalue weighted by Gasteiger charge is 2.06. The summed E-state index contributed by atoms with van der Waals surface area (Å²) in [6, 6.07) is 29.8. The van der Waals surface area contributed by atoms with E-state index in [2.05, 4.69) is 90.3 Å². The first-order chi connectivity index (χ1) is 13.8. The van der Waals surface area contributed by atoms with E-state index in [1.54, 1.807) is 7.11 Å². The van der Waals surface area contributed by atoms with Crippen molar-refractivity contribution in [3.8, 4) is 5.75 Å². The first kappa shape index (κ1) is 19.8. The van der Waals surface area contributed by atoms with Crippen molar-refractivity contribution in [1.82, 2.24) is 0 Å². The van der Waals surface area contributed by atoms with Crippen molar-refractivity contribution in [2.75, 3.05) is 12.4 Å². The van der Waals surface area contributed by atoms with E-state index in [4.69, 9.17) is 4.74 Å². The minimum atomic E-state index is 0.296. The molecule has 3 aromatic carbocycles. The predicted molar refractivity (Wildman–Crippen MR) is 119 cm³/mol. The quantitative estimate of drug-likeness (QED) is 0.422. The molecule has 0 unspecified atom stereocenters. The summed E-state index contributed by atoms with van der Waals surface area (Å²) < 4.78 is 5.26. The number of ether oxygens (including phenoxy) is 1. The Hall–Kier alpha value is -3.00. The number of nitrogens with one attached hydrogen (secondary N) is 1. The maximum Gasteiger partial charge on any atom is 0.119 e. The number of hydrogen-bond donors (Lipinski definition) is 1. The molecule has 0 saturated carbocycles. The van der Waals surface area contributed by atoms with Crippen LogP contribution in [0.2, 0.25) is 0 Å². The van der Waals surface area contributed by atoms with Gasteiger partial charge in [-0.1, -0.05) is 72.8 Å². The maximum atomic E-state index is 5.26. The summed E-state index contributed by atoms with van der Waals surface area (Å²) in [5.74, 6) is 0.879. The minimum Gasteiger partial charge on any atom is -0.497 e. The van der Waals surface area contributed by atoms with Gasteiger partial charge in [0.1, 0.15) is 5.75 Å². The van der Waals surface area contributed by atoms with Crippen LogP contribution in [0, 0.1) is 0 Å². The van der Waals surface area contributed by atoms with E-state index in [0.29, 0.717) is 6.04 Å². The molecule has 1 atom stereocenters. The average molecular weight is 372 g/mol. The van der Waals surface area contributed by atoms with Crippen LogP contribution in [0.3, 0.4) is 0 Å². The Morgan fingerprint density at radius 1 is 0.786 bits per heavy atom. The SMILES string of the molecule is COc1ccc(N[C@H](/C=C/CCc2ccccc2)CCc2ccccc2)cc1. The zero-order chi connectivity index (χ0) is 19.4. The van der Waals surface area contributed by atoms with Gasteiger partial charge < -0.3 is 10.1 Å². The van der Waals surface area contributed by atoms with Crippen molar-refractivity contribution in [2.45, 2.75) is 31.7 Å². The van der Waals surface area contributed by atoms with Crippen LogP contribution in [0.15, 0.2) is 97.1 Å². The highest BCUT2D eigenvalue weighted by atomic mass is 16.5. The summed E-state index contributed by atoms with van der Waals surface area (Å²) in [6.45, 7) is 0. The number of benzene rings is 3. The largest absolute Gasteiger partial charge is 0.497 e. The topological polar surface area (TPSA) is 21.3 Å². The summed E-state index contributed by atoms with van der Waals surface area (Å²) >= 11 is 0. The van der Waals surface area contributed by atoms with Gasteiger partial charge in [-0.15, -0.1) is 0 Å². The molecule has 2 heteroatoms. The monoisotopic (exact) mass is 371 g/mol. The third-order valence-electron chi connectivity index (χ3n) is 4.84. The predicted octanol–water partition coefficient (Wildman–Crippen LogP) is 6.30. The highest BCUT2D eigenvalue weighted by molar-refractivity contribution is 5.47. The van der Waals surface area contributed by atoms with Gasteiger partial charge in [-0.25, -0.2) is 0 Å². The molecule has 0 saturated heterocycles. The van der Waals surface area contributed by atoms with Crippen molar-refractivity contribution in [1.29, 1.82) is 0 Å². The summed E-state index contributed by atoms with van der Waals surface area (Å²) in [7, 11) is 1.70. The lowest BCUT2D eigenvalue weighted by molar-refractivity contribution is 0.415. The zero-order valence-corrected chi connectivity index (χ0v) is 16.6. The molecule has 0 fully saturated rings. The fourth-order valence-corrected chi connectivity index (χ4v) is 3.24. The molecule has 144 valence electrons. The Bertz CT molecular complexity index is 825. The Kier molecular flexibility index (Phi) is 7.75. The second kappa shape index (κ2) is 11.0. The van der Waals surface area contributed by atoms with Gasteiger partial charge >= 0.3 is 0 Å². The minimum absolute atomic E-state index is 0.296. The van der Waals surface area contributed by atoms with Gasteiger partial charge in [-0.2, -0.15) is 0 Å². The molecule has 0 aromatic heterocycles. The smallest absolute Gasteiger partial charge is 0.119 e. The summed E-state index contributed by atoms with van der Waals surface area (Å²) in [5.41, 5.74) is 3.88. The number of hydrogen-bond acceptors (Lipinski definition) is 2. The van der Waals surface area contributed by atoms with Crippen LogP contribution in [-0.4, -0.2) is 13.2 Å². The van der Waals surface area contributed by atoms with Crippen molar-refractivity contribution in [2.24, 2.45) is 0 Å². The van der Waals surface area contributed by atoms with Crippen LogP contribution >= 0.6 is 0 Å². The van der Waals surface area contributed by atoms with E-state index in [9.17, 15) is 0 Å². The molecule has 0 radical (unpaired) electrons. The Balaban J connectivity index is 1.59. The van der Waals surface area contributed by atoms with E-state index < -0.39 is 0 Å². The molecular weight excluding hydrogens is 342 g/mol.